The average Bonchev–Trinajstić information content (AvgIpc) is 3.01. The van der Waals surface area contributed by atoms with Gasteiger partial charge in [-0.25, -0.2) is 4.79 Å². The lowest BCUT2D eigenvalue weighted by Crippen LogP contribution is -2.32. The van der Waals surface area contributed by atoms with Crippen LogP contribution in [0.25, 0.3) is 0 Å². The molecular weight excluding hydrogens is 378 g/mol. The lowest BCUT2D eigenvalue weighted by Gasteiger charge is -2.08. The normalized spacial score (nSPS) is 10.5. The van der Waals surface area contributed by atoms with Gasteiger partial charge in [-0.15, -0.1) is 4.73 Å². The van der Waals surface area contributed by atoms with Gasteiger partial charge in [0.25, 0.3) is 0 Å². The number of aromatic nitrogens is 1. The second kappa shape index (κ2) is 11.5. The highest BCUT2D eigenvalue weighted by Gasteiger charge is 2.11. The van der Waals surface area contributed by atoms with Gasteiger partial charge in [0.15, 0.2) is 0 Å². The summed E-state index contributed by atoms with van der Waals surface area (Å²) >= 11 is 0. The molecule has 1 aromatic carbocycles. The maximum absolute atomic E-state index is 11.8. The number of aryl methyl sites for hydroxylation is 1. The van der Waals surface area contributed by atoms with E-state index in [9.17, 15) is 24.9 Å². The van der Waals surface area contributed by atoms with Crippen LogP contribution in [-0.4, -0.2) is 45.1 Å². The molecule has 1 heterocycles. The number of benzene rings is 1. The molecule has 0 unspecified atom stereocenters. The van der Waals surface area contributed by atoms with E-state index in [2.05, 4.69) is 10.6 Å². The van der Waals surface area contributed by atoms with Gasteiger partial charge < -0.3 is 30.8 Å². The van der Waals surface area contributed by atoms with Gasteiger partial charge in [-0.3, -0.25) is 4.79 Å². The molecule has 2 amide bonds. The summed E-state index contributed by atoms with van der Waals surface area (Å²) in [5.74, 6) is -0.588. The number of hydrogen-bond donors (Lipinski definition) is 5. The van der Waals surface area contributed by atoms with Crippen molar-refractivity contribution in [3.8, 4) is 17.5 Å². The highest BCUT2D eigenvalue weighted by Crippen LogP contribution is 2.18. The minimum Gasteiger partial charge on any atom is -0.508 e. The third-order valence-corrected chi connectivity index (χ3v) is 4.28. The first-order valence-corrected chi connectivity index (χ1v) is 9.57. The van der Waals surface area contributed by atoms with Crippen molar-refractivity contribution in [1.82, 2.24) is 15.4 Å². The Morgan fingerprint density at radius 2 is 1.48 bits per heavy atom. The zero-order valence-electron chi connectivity index (χ0n) is 16.1. The van der Waals surface area contributed by atoms with Gasteiger partial charge in [0.1, 0.15) is 5.75 Å². The van der Waals surface area contributed by atoms with Crippen molar-refractivity contribution in [2.24, 2.45) is 0 Å². The van der Waals surface area contributed by atoms with Crippen molar-refractivity contribution in [2.45, 2.75) is 38.5 Å². The molecule has 2 aromatic rings. The first-order chi connectivity index (χ1) is 14.0. The summed E-state index contributed by atoms with van der Waals surface area (Å²) in [5, 5.41) is 33.8. The number of phenolic OH excluding ortho intramolecular Hbond substituents is 1. The fourth-order valence-corrected chi connectivity index (χ4v) is 2.69. The average molecular weight is 405 g/mol. The predicted octanol–water partition coefficient (Wildman–Crippen LogP) is 2.05. The van der Waals surface area contributed by atoms with Gasteiger partial charge in [0, 0.05) is 31.6 Å². The van der Waals surface area contributed by atoms with E-state index < -0.39 is 6.09 Å². The third-order valence-electron chi connectivity index (χ3n) is 4.28. The van der Waals surface area contributed by atoms with Crippen molar-refractivity contribution < 1.29 is 29.7 Å². The minimum absolute atomic E-state index is 0.0471. The largest absolute Gasteiger partial charge is 0.508 e. The van der Waals surface area contributed by atoms with Crippen LogP contribution in [0.3, 0.4) is 0 Å². The molecule has 0 aliphatic carbocycles. The predicted molar refractivity (Wildman–Crippen MR) is 106 cm³/mol. The minimum atomic E-state index is -0.775. The van der Waals surface area contributed by atoms with E-state index in [1.807, 2.05) is 6.07 Å². The topological polar surface area (TPSA) is 133 Å². The molecule has 0 bridgehead atoms. The van der Waals surface area contributed by atoms with Gasteiger partial charge in [0.05, 0.1) is 0 Å². The van der Waals surface area contributed by atoms with Crippen LogP contribution < -0.4 is 15.5 Å². The van der Waals surface area contributed by atoms with Crippen LogP contribution >= 0.6 is 0 Å². The lowest BCUT2D eigenvalue weighted by molar-refractivity contribution is -0.121. The standard InChI is InChI=1S/C20H27N3O6/c24-16-8-4-3-7-15(16)9-10-17(25)21-13-5-1-2-6-14-22-20(28)29-23-18(26)11-12-19(23)27/h3-4,7-8,11-12,24,26-27H,1-2,5-6,9-10,13-14H2,(H,21,25)(H,22,28). The van der Waals surface area contributed by atoms with Crippen LogP contribution in [0.1, 0.15) is 37.7 Å². The first-order valence-electron chi connectivity index (χ1n) is 9.57. The lowest BCUT2D eigenvalue weighted by atomic mass is 10.1. The second-order valence-corrected chi connectivity index (χ2v) is 6.54. The number of aromatic hydroxyl groups is 3. The van der Waals surface area contributed by atoms with Crippen molar-refractivity contribution in [3.05, 3.63) is 42.0 Å². The van der Waals surface area contributed by atoms with Gasteiger partial charge in [-0.1, -0.05) is 31.0 Å². The van der Waals surface area contributed by atoms with E-state index in [1.54, 1.807) is 18.2 Å². The maximum Gasteiger partial charge on any atom is 0.432 e. The van der Waals surface area contributed by atoms with E-state index >= 15 is 0 Å². The van der Waals surface area contributed by atoms with E-state index in [4.69, 9.17) is 4.84 Å². The Balaban J connectivity index is 1.46. The fourth-order valence-electron chi connectivity index (χ4n) is 2.69. The van der Waals surface area contributed by atoms with Gasteiger partial charge in [0.2, 0.25) is 17.7 Å². The molecule has 0 radical (unpaired) electrons. The summed E-state index contributed by atoms with van der Waals surface area (Å²) in [4.78, 5) is 28.1. The zero-order chi connectivity index (χ0) is 21.1. The van der Waals surface area contributed by atoms with Crippen LogP contribution in [0.4, 0.5) is 4.79 Å². The molecule has 9 nitrogen and oxygen atoms in total. The summed E-state index contributed by atoms with van der Waals surface area (Å²) < 4.78 is 0.622. The van der Waals surface area contributed by atoms with Gasteiger partial charge in [-0.05, 0) is 30.9 Å². The highest BCUT2D eigenvalue weighted by molar-refractivity contribution is 5.76. The maximum atomic E-state index is 11.8. The Labute approximate surface area is 168 Å². The molecule has 1 aromatic heterocycles. The Morgan fingerprint density at radius 1 is 0.862 bits per heavy atom. The number of amides is 2. The van der Waals surface area contributed by atoms with Gasteiger partial charge >= 0.3 is 6.09 Å². The van der Waals surface area contributed by atoms with Crippen molar-refractivity contribution in [1.29, 1.82) is 0 Å². The number of hydrogen-bond acceptors (Lipinski definition) is 6. The molecule has 2 rings (SSSR count). The van der Waals surface area contributed by atoms with E-state index in [0.29, 0.717) is 30.7 Å². The van der Waals surface area contributed by atoms with Crippen LogP contribution in [0.2, 0.25) is 0 Å². The molecular formula is C20H27N3O6. The Bertz CT molecular complexity index is 786. The molecule has 0 aliphatic heterocycles. The summed E-state index contributed by atoms with van der Waals surface area (Å²) in [7, 11) is 0. The summed E-state index contributed by atoms with van der Waals surface area (Å²) in [6.45, 7) is 0.982. The number of carbonyl (C=O) groups excluding carboxylic acids is 2. The Morgan fingerprint density at radius 3 is 2.14 bits per heavy atom. The highest BCUT2D eigenvalue weighted by atomic mass is 16.7. The molecule has 0 spiro atoms. The summed E-state index contributed by atoms with van der Waals surface area (Å²) in [6.07, 6.45) is 3.39. The number of unbranched alkanes of at least 4 members (excludes halogenated alkanes) is 3. The number of nitrogens with one attached hydrogen (secondary N) is 2. The molecule has 5 N–H and O–H groups in total. The molecule has 0 fully saturated rings. The van der Waals surface area contributed by atoms with Crippen LogP contribution in [0, 0.1) is 0 Å². The van der Waals surface area contributed by atoms with E-state index in [-0.39, 0.29) is 23.4 Å². The molecule has 0 aliphatic rings. The molecule has 29 heavy (non-hydrogen) atoms. The Hall–Kier alpha value is -3.36. The summed E-state index contributed by atoms with van der Waals surface area (Å²) in [5.41, 5.74) is 0.760. The molecule has 0 saturated heterocycles. The smallest absolute Gasteiger partial charge is 0.432 e. The third kappa shape index (κ3) is 7.65. The van der Waals surface area contributed by atoms with Crippen molar-refractivity contribution in [3.63, 3.8) is 0 Å². The number of nitrogens with zero attached hydrogens (tertiary/aromatic N) is 1. The molecule has 158 valence electrons. The number of rotatable bonds is 11. The molecule has 0 atom stereocenters. The zero-order valence-corrected chi connectivity index (χ0v) is 16.1. The second-order valence-electron chi connectivity index (χ2n) is 6.54. The molecule has 0 saturated carbocycles. The number of carbonyl (C=O) groups is 2. The SMILES string of the molecule is O=C(CCc1ccccc1O)NCCCCCCNC(=O)On1c(O)ccc1O. The number of para-hydroxylation sites is 1. The first kappa shape index (κ1) is 21.9. The number of phenols is 1. The van der Waals surface area contributed by atoms with E-state index in [1.165, 1.54) is 12.1 Å². The fraction of sp³-hybridized carbons (Fsp3) is 0.400. The van der Waals surface area contributed by atoms with Crippen LogP contribution in [-0.2, 0) is 11.2 Å². The van der Waals surface area contributed by atoms with Crippen molar-refractivity contribution in [2.75, 3.05) is 13.1 Å². The Kier molecular flexibility index (Phi) is 8.68. The quantitative estimate of drug-likeness (QED) is 0.364. The molecule has 9 heteroatoms. The van der Waals surface area contributed by atoms with Crippen molar-refractivity contribution >= 4 is 12.0 Å². The van der Waals surface area contributed by atoms with Gasteiger partial charge in [-0.2, -0.15) is 0 Å². The summed E-state index contributed by atoms with van der Waals surface area (Å²) in [6, 6.07) is 9.39. The monoisotopic (exact) mass is 405 g/mol. The van der Waals surface area contributed by atoms with E-state index in [0.717, 1.165) is 31.2 Å². The van der Waals surface area contributed by atoms with Crippen LogP contribution in [0.15, 0.2) is 36.4 Å². The van der Waals surface area contributed by atoms with Crippen LogP contribution in [0.5, 0.6) is 17.5 Å².